The molecule has 5 heteroatoms. The molecule has 0 atom stereocenters. The lowest BCUT2D eigenvalue weighted by Crippen LogP contribution is -2.15. The summed E-state index contributed by atoms with van der Waals surface area (Å²) in [5.74, 6) is 0.707. The molecule has 2 aromatic rings. The maximum absolute atomic E-state index is 12.1. The first-order valence-electron chi connectivity index (χ1n) is 7.19. The number of methoxy groups -OCH3 is 1. The summed E-state index contributed by atoms with van der Waals surface area (Å²) in [5.41, 5.74) is 1.51. The molecule has 1 aromatic heterocycles. The molecule has 0 saturated carbocycles. The van der Waals surface area contributed by atoms with Crippen LogP contribution >= 0.6 is 8.19 Å². The zero-order chi connectivity index (χ0) is 16.3. The van der Waals surface area contributed by atoms with Gasteiger partial charge in [-0.15, -0.1) is 0 Å². The molecule has 0 aliphatic heterocycles. The molecule has 22 heavy (non-hydrogen) atoms. The van der Waals surface area contributed by atoms with E-state index < -0.39 is 5.97 Å². The molecule has 0 N–H and O–H groups in total. The van der Waals surface area contributed by atoms with Crippen LogP contribution in [-0.4, -0.2) is 19.7 Å². The Morgan fingerprint density at radius 2 is 1.86 bits per heavy atom. The summed E-state index contributed by atoms with van der Waals surface area (Å²) in [6.07, 6.45) is 0. The van der Waals surface area contributed by atoms with Crippen molar-refractivity contribution in [2.45, 2.75) is 33.1 Å². The molecule has 118 valence electrons. The highest BCUT2D eigenvalue weighted by molar-refractivity contribution is 7.34. The zero-order valence-electron chi connectivity index (χ0n) is 13.6. The predicted molar refractivity (Wildman–Crippen MR) is 87.9 cm³/mol. The van der Waals surface area contributed by atoms with Crippen molar-refractivity contribution in [1.29, 1.82) is 0 Å². The highest BCUT2D eigenvalue weighted by atomic mass is 31.0. The van der Waals surface area contributed by atoms with Crippen molar-refractivity contribution in [3.63, 3.8) is 0 Å². The average Bonchev–Trinajstić information content (AvgIpc) is 2.93. The Bertz CT molecular complexity index is 650. The molecule has 0 unspecified atom stereocenters. The summed E-state index contributed by atoms with van der Waals surface area (Å²) in [6.45, 7) is 8.31. The van der Waals surface area contributed by atoms with Crippen LogP contribution in [0.5, 0.6) is 5.75 Å². The van der Waals surface area contributed by atoms with Crippen LogP contribution in [0.4, 0.5) is 0 Å². The van der Waals surface area contributed by atoms with Crippen molar-refractivity contribution in [2.75, 3.05) is 13.7 Å². The first kappa shape index (κ1) is 16.6. The van der Waals surface area contributed by atoms with E-state index in [1.54, 1.807) is 14.0 Å². The summed E-state index contributed by atoms with van der Waals surface area (Å²) in [4.78, 5) is 12.1. The number of ether oxygens (including phenoxy) is 2. The number of benzene rings is 1. The number of carbonyl (C=O) groups is 1. The van der Waals surface area contributed by atoms with E-state index in [0.29, 0.717) is 12.4 Å². The van der Waals surface area contributed by atoms with Gasteiger partial charge in [0.25, 0.3) is 0 Å². The predicted octanol–water partition coefficient (Wildman–Crippen LogP) is 5.01. The Morgan fingerprint density at radius 1 is 1.23 bits per heavy atom. The van der Waals surface area contributed by atoms with E-state index in [2.05, 4.69) is 20.8 Å². The van der Waals surface area contributed by atoms with Crippen LogP contribution in [-0.2, 0) is 10.2 Å². The largest absolute Gasteiger partial charge is 0.497 e. The SMILES string of the molecule is CCOC(=O)c1oc(-c2ccc(OC)cc2)pc1C(C)(C)C. The molecule has 0 bridgehead atoms. The lowest BCUT2D eigenvalue weighted by atomic mass is 9.93. The summed E-state index contributed by atoms with van der Waals surface area (Å²) in [5, 5.41) is 0.941. The van der Waals surface area contributed by atoms with Crippen LogP contribution < -0.4 is 4.74 Å². The van der Waals surface area contributed by atoms with Crippen molar-refractivity contribution >= 4 is 14.2 Å². The average molecular weight is 320 g/mol. The van der Waals surface area contributed by atoms with Gasteiger partial charge >= 0.3 is 5.97 Å². The standard InChI is InChI=1S/C17H21O4P/c1-6-20-15(18)13-14(17(2,3)4)22-16(21-13)11-7-9-12(19-5)10-8-11/h7-10H,6H2,1-5H3. The third kappa shape index (κ3) is 3.50. The maximum Gasteiger partial charge on any atom is 0.374 e. The molecule has 0 aliphatic rings. The number of hydrogen-bond acceptors (Lipinski definition) is 4. The van der Waals surface area contributed by atoms with E-state index in [1.807, 2.05) is 24.3 Å². The van der Waals surface area contributed by atoms with Crippen LogP contribution in [0.25, 0.3) is 11.1 Å². The third-order valence-electron chi connectivity index (χ3n) is 3.14. The summed E-state index contributed by atoms with van der Waals surface area (Å²) >= 11 is 0. The molecule has 0 spiro atoms. The maximum atomic E-state index is 12.1. The molecule has 1 heterocycles. The molecular formula is C17H21O4P. The van der Waals surface area contributed by atoms with E-state index in [-0.39, 0.29) is 5.41 Å². The van der Waals surface area contributed by atoms with E-state index in [4.69, 9.17) is 13.9 Å². The molecule has 2 rings (SSSR count). The molecule has 0 radical (unpaired) electrons. The van der Waals surface area contributed by atoms with Gasteiger partial charge in [0.2, 0.25) is 5.76 Å². The monoisotopic (exact) mass is 320 g/mol. The quantitative estimate of drug-likeness (QED) is 0.743. The number of esters is 1. The lowest BCUT2D eigenvalue weighted by molar-refractivity contribution is 0.0487. The molecule has 0 fully saturated rings. The summed E-state index contributed by atoms with van der Waals surface area (Å²) < 4.78 is 16.1. The Morgan fingerprint density at radius 3 is 2.36 bits per heavy atom. The fourth-order valence-electron chi connectivity index (χ4n) is 2.02. The first-order chi connectivity index (χ1) is 10.4. The van der Waals surface area contributed by atoms with Gasteiger partial charge in [-0.05, 0) is 44.8 Å². The molecule has 4 nitrogen and oxygen atoms in total. The molecule has 0 saturated heterocycles. The van der Waals surface area contributed by atoms with E-state index in [0.717, 1.165) is 30.3 Å². The van der Waals surface area contributed by atoms with Gasteiger partial charge in [-0.25, -0.2) is 4.79 Å². The Balaban J connectivity index is 2.47. The van der Waals surface area contributed by atoms with Gasteiger partial charge in [-0.1, -0.05) is 20.8 Å². The minimum absolute atomic E-state index is 0.169. The highest BCUT2D eigenvalue weighted by Gasteiger charge is 2.29. The molecule has 0 aliphatic carbocycles. The van der Waals surface area contributed by atoms with Crippen molar-refractivity contribution in [1.82, 2.24) is 0 Å². The fourth-order valence-corrected chi connectivity index (χ4v) is 3.21. The molecular weight excluding hydrogens is 299 g/mol. The van der Waals surface area contributed by atoms with Crippen LogP contribution in [0.3, 0.4) is 0 Å². The second-order valence-corrected chi connectivity index (χ2v) is 6.97. The Kier molecular flexibility index (Phi) is 4.92. The zero-order valence-corrected chi connectivity index (χ0v) is 14.5. The van der Waals surface area contributed by atoms with Crippen LogP contribution in [0, 0.1) is 0 Å². The highest BCUT2D eigenvalue weighted by Crippen LogP contribution is 2.42. The van der Waals surface area contributed by atoms with Gasteiger partial charge in [0.05, 0.1) is 13.7 Å². The van der Waals surface area contributed by atoms with Gasteiger partial charge in [0, 0.05) is 10.9 Å². The van der Waals surface area contributed by atoms with E-state index in [9.17, 15) is 4.79 Å². The van der Waals surface area contributed by atoms with Crippen molar-refractivity contribution in [2.24, 2.45) is 0 Å². The summed E-state index contributed by atoms with van der Waals surface area (Å²) in [7, 11) is 2.53. The topological polar surface area (TPSA) is 48.7 Å². The fraction of sp³-hybridized carbons (Fsp3) is 0.412. The van der Waals surface area contributed by atoms with E-state index >= 15 is 0 Å². The second-order valence-electron chi connectivity index (χ2n) is 5.90. The molecule has 0 amide bonds. The van der Waals surface area contributed by atoms with Gasteiger partial charge in [0.15, 0.2) is 5.49 Å². The Hall–Kier alpha value is -1.80. The van der Waals surface area contributed by atoms with Crippen molar-refractivity contribution in [3.8, 4) is 16.8 Å². The minimum atomic E-state index is -0.400. The smallest absolute Gasteiger partial charge is 0.374 e. The van der Waals surface area contributed by atoms with Crippen LogP contribution in [0.2, 0.25) is 0 Å². The third-order valence-corrected chi connectivity index (χ3v) is 4.79. The number of hydrogen-bond donors (Lipinski definition) is 0. The summed E-state index contributed by atoms with van der Waals surface area (Å²) in [6, 6.07) is 7.60. The minimum Gasteiger partial charge on any atom is -0.497 e. The normalized spacial score (nSPS) is 11.7. The van der Waals surface area contributed by atoms with E-state index in [1.165, 1.54) is 0 Å². The van der Waals surface area contributed by atoms with Crippen LogP contribution in [0.15, 0.2) is 28.7 Å². The lowest BCUT2D eigenvalue weighted by Gasteiger charge is -2.16. The van der Waals surface area contributed by atoms with Crippen molar-refractivity contribution < 1.29 is 18.7 Å². The van der Waals surface area contributed by atoms with Gasteiger partial charge in [-0.2, -0.15) is 0 Å². The number of rotatable bonds is 4. The second kappa shape index (κ2) is 6.53. The molecule has 1 aromatic carbocycles. The van der Waals surface area contributed by atoms with Gasteiger partial charge in [0.1, 0.15) is 5.75 Å². The number of carbonyl (C=O) groups excluding carboxylic acids is 1. The Labute approximate surface area is 132 Å². The first-order valence-corrected chi connectivity index (χ1v) is 8.09. The van der Waals surface area contributed by atoms with Crippen LogP contribution in [0.1, 0.15) is 43.5 Å². The van der Waals surface area contributed by atoms with Crippen molar-refractivity contribution in [3.05, 3.63) is 35.3 Å². The van der Waals surface area contributed by atoms with Gasteiger partial charge < -0.3 is 13.9 Å². The van der Waals surface area contributed by atoms with Gasteiger partial charge in [-0.3, -0.25) is 0 Å².